The van der Waals surface area contributed by atoms with Crippen LogP contribution in [0.5, 0.6) is 0 Å². The quantitative estimate of drug-likeness (QED) is 0.645. The summed E-state index contributed by atoms with van der Waals surface area (Å²) in [5.41, 5.74) is 1.59. The molecule has 1 saturated heterocycles. The van der Waals surface area contributed by atoms with Crippen LogP contribution in [-0.4, -0.2) is 54.1 Å². The summed E-state index contributed by atoms with van der Waals surface area (Å²) in [5, 5.41) is 1.15. The molecule has 27 heavy (non-hydrogen) atoms. The van der Waals surface area contributed by atoms with Crippen molar-refractivity contribution in [3.63, 3.8) is 0 Å². The number of fused-ring (bicyclic) bond motifs is 1. The average Bonchev–Trinajstić information content (AvgIpc) is 3.17. The van der Waals surface area contributed by atoms with Gasteiger partial charge in [-0.1, -0.05) is 12.1 Å². The van der Waals surface area contributed by atoms with Crippen LogP contribution in [0.15, 0.2) is 42.6 Å². The van der Waals surface area contributed by atoms with E-state index >= 15 is 0 Å². The first kappa shape index (κ1) is 17.9. The standard InChI is InChI=1S/C20H22N4O2S/c1-14(19-22-16-7-3-4-8-17(16)27-19)23-10-12-24(13-11-23)18-15(20(25)26-2)6-5-9-21-18/h3-9,14H,10-13H2,1-2H3/t14-/m0/s1. The minimum absolute atomic E-state index is 0.272. The number of hydrogen-bond acceptors (Lipinski definition) is 7. The molecule has 1 aliphatic rings. The Hall–Kier alpha value is -2.51. The highest BCUT2D eigenvalue weighted by Crippen LogP contribution is 2.30. The van der Waals surface area contributed by atoms with Crippen molar-refractivity contribution >= 4 is 33.3 Å². The van der Waals surface area contributed by atoms with Crippen molar-refractivity contribution in [2.45, 2.75) is 13.0 Å². The van der Waals surface area contributed by atoms with Crippen molar-refractivity contribution in [3.05, 3.63) is 53.2 Å². The van der Waals surface area contributed by atoms with Crippen molar-refractivity contribution in [1.82, 2.24) is 14.9 Å². The molecule has 1 aliphatic heterocycles. The van der Waals surface area contributed by atoms with Crippen LogP contribution in [0, 0.1) is 0 Å². The summed E-state index contributed by atoms with van der Waals surface area (Å²) in [6.07, 6.45) is 1.72. The monoisotopic (exact) mass is 382 g/mol. The summed E-state index contributed by atoms with van der Waals surface area (Å²) in [6.45, 7) is 5.64. The molecule has 0 aliphatic carbocycles. The molecule has 0 bridgehead atoms. The van der Waals surface area contributed by atoms with E-state index in [-0.39, 0.29) is 12.0 Å². The van der Waals surface area contributed by atoms with Crippen LogP contribution in [0.4, 0.5) is 5.82 Å². The van der Waals surface area contributed by atoms with Gasteiger partial charge in [-0.3, -0.25) is 4.90 Å². The fourth-order valence-electron chi connectivity index (χ4n) is 3.46. The molecule has 2 aromatic heterocycles. The number of thiazole rings is 1. The van der Waals surface area contributed by atoms with E-state index in [1.54, 1.807) is 29.7 Å². The van der Waals surface area contributed by atoms with E-state index in [4.69, 9.17) is 9.72 Å². The molecule has 140 valence electrons. The zero-order valence-electron chi connectivity index (χ0n) is 15.5. The summed E-state index contributed by atoms with van der Waals surface area (Å²) in [6, 6.07) is 12.1. The second-order valence-electron chi connectivity index (χ2n) is 6.58. The Morgan fingerprint density at radius 3 is 2.67 bits per heavy atom. The van der Waals surface area contributed by atoms with Gasteiger partial charge >= 0.3 is 5.97 Å². The van der Waals surface area contributed by atoms with E-state index in [0.29, 0.717) is 11.4 Å². The van der Waals surface area contributed by atoms with Crippen LogP contribution < -0.4 is 4.90 Å². The minimum atomic E-state index is -0.344. The zero-order valence-corrected chi connectivity index (χ0v) is 16.3. The lowest BCUT2D eigenvalue weighted by atomic mass is 10.2. The van der Waals surface area contributed by atoms with Crippen LogP contribution in [0.1, 0.15) is 28.3 Å². The van der Waals surface area contributed by atoms with Gasteiger partial charge in [-0.15, -0.1) is 11.3 Å². The predicted octanol–water partition coefficient (Wildman–Crippen LogP) is 3.36. The van der Waals surface area contributed by atoms with Gasteiger partial charge in [0, 0.05) is 32.4 Å². The first-order valence-corrected chi connectivity index (χ1v) is 9.87. The Bertz CT molecular complexity index is 917. The number of esters is 1. The lowest BCUT2D eigenvalue weighted by Crippen LogP contribution is -2.47. The summed E-state index contributed by atoms with van der Waals surface area (Å²) >= 11 is 1.77. The zero-order chi connectivity index (χ0) is 18.8. The highest BCUT2D eigenvalue weighted by Gasteiger charge is 2.27. The summed E-state index contributed by atoms with van der Waals surface area (Å²) in [7, 11) is 1.40. The van der Waals surface area contributed by atoms with Gasteiger partial charge in [0.15, 0.2) is 0 Å². The highest BCUT2D eigenvalue weighted by atomic mass is 32.1. The number of pyridine rings is 1. The molecule has 0 radical (unpaired) electrons. The summed E-state index contributed by atoms with van der Waals surface area (Å²) in [5.74, 6) is 0.361. The van der Waals surface area contributed by atoms with E-state index < -0.39 is 0 Å². The topological polar surface area (TPSA) is 58.6 Å². The smallest absolute Gasteiger partial charge is 0.341 e. The van der Waals surface area contributed by atoms with E-state index in [1.165, 1.54) is 11.8 Å². The molecule has 3 aromatic rings. The molecule has 1 aromatic carbocycles. The normalized spacial score (nSPS) is 16.4. The van der Waals surface area contributed by atoms with Crippen molar-refractivity contribution in [1.29, 1.82) is 0 Å². The Morgan fingerprint density at radius 1 is 1.15 bits per heavy atom. The number of para-hydroxylation sites is 1. The lowest BCUT2D eigenvalue weighted by molar-refractivity contribution is 0.0600. The Balaban J connectivity index is 1.47. The van der Waals surface area contributed by atoms with Crippen molar-refractivity contribution < 1.29 is 9.53 Å². The average molecular weight is 382 g/mol. The number of anilines is 1. The Kier molecular flexibility index (Phi) is 5.05. The molecule has 6 nitrogen and oxygen atoms in total. The van der Waals surface area contributed by atoms with E-state index in [1.807, 2.05) is 6.07 Å². The number of rotatable bonds is 4. The molecule has 0 amide bonds. The van der Waals surface area contributed by atoms with Gasteiger partial charge < -0.3 is 9.64 Å². The predicted molar refractivity (Wildman–Crippen MR) is 107 cm³/mol. The fraction of sp³-hybridized carbons (Fsp3) is 0.350. The van der Waals surface area contributed by atoms with Gasteiger partial charge in [0.05, 0.1) is 23.4 Å². The van der Waals surface area contributed by atoms with Crippen LogP contribution in [-0.2, 0) is 4.74 Å². The van der Waals surface area contributed by atoms with Gasteiger partial charge in [0.25, 0.3) is 0 Å². The van der Waals surface area contributed by atoms with Gasteiger partial charge in [-0.25, -0.2) is 14.8 Å². The number of carbonyl (C=O) groups excluding carboxylic acids is 1. The number of piperazine rings is 1. The van der Waals surface area contributed by atoms with Gasteiger partial charge in [-0.05, 0) is 31.2 Å². The SMILES string of the molecule is COC(=O)c1cccnc1N1CCN([C@@H](C)c2nc3ccccc3s2)CC1. The number of methoxy groups -OCH3 is 1. The van der Waals surface area contributed by atoms with Crippen LogP contribution in [0.2, 0.25) is 0 Å². The van der Waals surface area contributed by atoms with Crippen LogP contribution in [0.3, 0.4) is 0 Å². The summed E-state index contributed by atoms with van der Waals surface area (Å²) in [4.78, 5) is 25.8. The highest BCUT2D eigenvalue weighted by molar-refractivity contribution is 7.18. The molecule has 0 spiro atoms. The van der Waals surface area contributed by atoms with E-state index in [0.717, 1.165) is 36.7 Å². The lowest BCUT2D eigenvalue weighted by Gasteiger charge is -2.38. The number of carbonyl (C=O) groups is 1. The molecule has 7 heteroatoms. The second-order valence-corrected chi connectivity index (χ2v) is 7.65. The molecule has 0 N–H and O–H groups in total. The maximum Gasteiger partial charge on any atom is 0.341 e. The molecule has 3 heterocycles. The van der Waals surface area contributed by atoms with E-state index in [9.17, 15) is 4.79 Å². The first-order valence-electron chi connectivity index (χ1n) is 9.05. The molecule has 0 unspecified atom stereocenters. The third-order valence-corrected chi connectivity index (χ3v) is 6.23. The molecule has 0 saturated carbocycles. The van der Waals surface area contributed by atoms with Gasteiger partial charge in [0.1, 0.15) is 16.4 Å². The number of hydrogen-bond donors (Lipinski definition) is 0. The largest absolute Gasteiger partial charge is 0.465 e. The van der Waals surface area contributed by atoms with Gasteiger partial charge in [-0.2, -0.15) is 0 Å². The third kappa shape index (κ3) is 3.52. The molecular weight excluding hydrogens is 360 g/mol. The second kappa shape index (κ2) is 7.62. The number of benzene rings is 1. The maximum atomic E-state index is 12.0. The van der Waals surface area contributed by atoms with Crippen LogP contribution in [0.25, 0.3) is 10.2 Å². The van der Waals surface area contributed by atoms with Crippen molar-refractivity contribution in [2.75, 3.05) is 38.2 Å². The first-order chi connectivity index (χ1) is 13.2. The number of aromatic nitrogens is 2. The van der Waals surface area contributed by atoms with Gasteiger partial charge in [0.2, 0.25) is 0 Å². The number of ether oxygens (including phenoxy) is 1. The molecule has 4 rings (SSSR count). The third-order valence-electron chi connectivity index (χ3n) is 5.02. The number of nitrogens with zero attached hydrogens (tertiary/aromatic N) is 4. The fourth-order valence-corrected chi connectivity index (χ4v) is 4.52. The van der Waals surface area contributed by atoms with E-state index in [2.05, 4.69) is 39.9 Å². The molecular formula is C20H22N4O2S. The molecule has 1 atom stereocenters. The Labute approximate surface area is 162 Å². The van der Waals surface area contributed by atoms with Crippen molar-refractivity contribution in [2.24, 2.45) is 0 Å². The minimum Gasteiger partial charge on any atom is -0.465 e. The Morgan fingerprint density at radius 2 is 1.93 bits per heavy atom. The maximum absolute atomic E-state index is 12.0. The summed E-state index contributed by atoms with van der Waals surface area (Å²) < 4.78 is 6.12. The van der Waals surface area contributed by atoms with Crippen molar-refractivity contribution in [3.8, 4) is 0 Å². The van der Waals surface area contributed by atoms with Crippen LogP contribution >= 0.6 is 11.3 Å². The molecule has 1 fully saturated rings.